The molecule has 0 bridgehead atoms. The van der Waals surface area contributed by atoms with Gasteiger partial charge in [0.05, 0.1) is 16.2 Å². The van der Waals surface area contributed by atoms with Crippen LogP contribution in [-0.4, -0.2) is 42.5 Å². The molecule has 0 aliphatic carbocycles. The van der Waals surface area contributed by atoms with Gasteiger partial charge in [0, 0.05) is 6.54 Å². The van der Waals surface area contributed by atoms with Gasteiger partial charge in [-0.05, 0) is 74.4 Å². The Balaban J connectivity index is 1.78. The Morgan fingerprint density at radius 2 is 2.00 bits per heavy atom. The number of aromatic nitrogens is 2. The summed E-state index contributed by atoms with van der Waals surface area (Å²) in [6, 6.07) is 3.71. The summed E-state index contributed by atoms with van der Waals surface area (Å²) in [7, 11) is -3.17. The fraction of sp³-hybridized carbons (Fsp3) is 0.478. The number of nitrogens with two attached hydrogens (primary N) is 1. The number of amides is 1. The molecule has 1 fully saturated rings. The van der Waals surface area contributed by atoms with Crippen molar-refractivity contribution in [3.05, 3.63) is 53.0 Å². The molecule has 4 N–H and O–H groups in total. The van der Waals surface area contributed by atoms with Crippen molar-refractivity contribution in [2.75, 3.05) is 11.9 Å². The van der Waals surface area contributed by atoms with E-state index in [2.05, 4.69) is 25.0 Å². The maximum atomic E-state index is 15.2. The smallest absolute Gasteiger partial charge is 0.275 e. The molecule has 11 heteroatoms. The van der Waals surface area contributed by atoms with Crippen LogP contribution in [-0.2, 0) is 15.7 Å². The molecular formula is C23H30F2N6O2S. The van der Waals surface area contributed by atoms with Gasteiger partial charge in [0.2, 0.25) is 0 Å². The number of fused-ring (bicyclic) bond motifs is 1. The number of nitrogens with one attached hydrogen (secondary N) is 2. The van der Waals surface area contributed by atoms with E-state index in [0.717, 1.165) is 19.0 Å². The van der Waals surface area contributed by atoms with E-state index in [9.17, 15) is 13.4 Å². The van der Waals surface area contributed by atoms with E-state index in [4.69, 9.17) is 5.73 Å². The molecule has 1 saturated heterocycles. The number of aryl methyl sites for hydroxylation is 1. The van der Waals surface area contributed by atoms with Crippen LogP contribution >= 0.6 is 0 Å². The first-order valence-electron chi connectivity index (χ1n) is 11.2. The molecule has 2 aliphatic rings. The molecule has 4 heterocycles. The highest BCUT2D eigenvalue weighted by molar-refractivity contribution is 8.03. The zero-order valence-electron chi connectivity index (χ0n) is 19.7. The van der Waals surface area contributed by atoms with E-state index < -0.39 is 43.2 Å². The predicted octanol–water partition coefficient (Wildman–Crippen LogP) is 2.75. The lowest BCUT2D eigenvalue weighted by molar-refractivity contribution is 0.102. The molecule has 34 heavy (non-hydrogen) atoms. The Bertz CT molecular complexity index is 1230. The van der Waals surface area contributed by atoms with Gasteiger partial charge >= 0.3 is 0 Å². The van der Waals surface area contributed by atoms with E-state index in [-0.39, 0.29) is 23.0 Å². The Labute approximate surface area is 198 Å². The average molecular weight is 493 g/mol. The number of carbonyl (C=O) groups is 1. The third-order valence-electron chi connectivity index (χ3n) is 6.98. The van der Waals surface area contributed by atoms with Crippen LogP contribution in [0.25, 0.3) is 0 Å². The molecule has 2 atom stereocenters. The van der Waals surface area contributed by atoms with Gasteiger partial charge in [0.1, 0.15) is 40.2 Å². The fourth-order valence-electron chi connectivity index (χ4n) is 4.89. The minimum Gasteiger partial charge on any atom is -0.386 e. The van der Waals surface area contributed by atoms with E-state index in [0.29, 0.717) is 18.5 Å². The van der Waals surface area contributed by atoms with Gasteiger partial charge in [0.25, 0.3) is 5.91 Å². The molecule has 0 aromatic carbocycles. The summed E-state index contributed by atoms with van der Waals surface area (Å²) < 4.78 is 45.3. The summed E-state index contributed by atoms with van der Waals surface area (Å²) >= 11 is 0. The maximum Gasteiger partial charge on any atom is 0.275 e. The number of thiol groups is 1. The molecule has 0 spiro atoms. The van der Waals surface area contributed by atoms with Gasteiger partial charge in [0.15, 0.2) is 0 Å². The van der Waals surface area contributed by atoms with Crippen molar-refractivity contribution in [2.45, 2.75) is 62.5 Å². The summed E-state index contributed by atoms with van der Waals surface area (Å²) in [6.07, 6.45) is 3.15. The lowest BCUT2D eigenvalue weighted by Gasteiger charge is -2.53. The average Bonchev–Trinajstić information content (AvgIpc) is 2.97. The summed E-state index contributed by atoms with van der Waals surface area (Å²) in [5, 5.41) is 2.07. The second kappa shape index (κ2) is 8.46. The molecule has 8 nitrogen and oxygen atoms in total. The van der Waals surface area contributed by atoms with Gasteiger partial charge in [-0.1, -0.05) is 6.42 Å². The van der Waals surface area contributed by atoms with Crippen LogP contribution in [0.4, 0.5) is 14.6 Å². The number of amidine groups is 1. The molecule has 2 aromatic heterocycles. The zero-order chi connectivity index (χ0) is 24.9. The van der Waals surface area contributed by atoms with E-state index in [1.165, 1.54) is 18.2 Å². The SMILES string of the molecule is Cc1cc(F)cnc1C(=O)Nc1ccc(F)c([C@@]2(C)N=C(N)C(C)(C)[SH]3(=O)NCCCC[C@@H]23)n1. The number of carbonyl (C=O) groups excluding carboxylic acids is 1. The molecule has 0 saturated carbocycles. The topological polar surface area (TPSA) is 122 Å². The van der Waals surface area contributed by atoms with Crippen LogP contribution < -0.4 is 15.8 Å². The summed E-state index contributed by atoms with van der Waals surface area (Å²) in [6.45, 7) is 7.44. The Morgan fingerprint density at radius 1 is 1.26 bits per heavy atom. The summed E-state index contributed by atoms with van der Waals surface area (Å²) in [5.41, 5.74) is 5.36. The van der Waals surface area contributed by atoms with Crippen molar-refractivity contribution in [3.63, 3.8) is 0 Å². The maximum absolute atomic E-state index is 15.2. The second-order valence-corrected chi connectivity index (χ2v) is 13.0. The molecule has 0 unspecified atom stereocenters. The normalized spacial score (nSPS) is 26.5. The predicted molar refractivity (Wildman–Crippen MR) is 129 cm³/mol. The number of hydrogen-bond donors (Lipinski definition) is 4. The minimum atomic E-state index is -3.17. The van der Waals surface area contributed by atoms with Crippen LogP contribution in [0.2, 0.25) is 0 Å². The van der Waals surface area contributed by atoms with E-state index >= 15 is 4.39 Å². The number of hydrogen-bond acceptors (Lipinski definition) is 6. The monoisotopic (exact) mass is 492 g/mol. The van der Waals surface area contributed by atoms with Crippen molar-refractivity contribution >= 4 is 27.7 Å². The quantitative estimate of drug-likeness (QED) is 0.491. The van der Waals surface area contributed by atoms with Gasteiger partial charge in [-0.2, -0.15) is 0 Å². The summed E-state index contributed by atoms with van der Waals surface area (Å²) in [4.78, 5) is 25.7. The van der Waals surface area contributed by atoms with Gasteiger partial charge in [-0.15, -0.1) is 0 Å². The standard InChI is InChI=1S/C23H30F2N6O2S/c1-13-11-14(24)12-27-18(13)20(32)30-17-9-8-15(25)19(29-17)23(4)16-7-5-6-10-28-34(16,33)22(2,3)21(26)31-23/h8-9,11-12,16,34H,5-7,10H2,1-4H3,(H2,26,31)(H,28,33)(H,29,30,32)/t16-,23-/m0/s1. The lowest BCUT2D eigenvalue weighted by atomic mass is 9.88. The first kappa shape index (κ1) is 24.3. The van der Waals surface area contributed by atoms with Crippen LogP contribution in [0.5, 0.6) is 0 Å². The molecule has 2 aliphatic heterocycles. The summed E-state index contributed by atoms with van der Waals surface area (Å²) in [5.74, 6) is -1.55. The fourth-order valence-corrected chi connectivity index (χ4v) is 8.59. The first-order chi connectivity index (χ1) is 15.9. The molecule has 2 aromatic rings. The highest BCUT2D eigenvalue weighted by Crippen LogP contribution is 2.47. The van der Waals surface area contributed by atoms with Crippen molar-refractivity contribution in [3.8, 4) is 0 Å². The van der Waals surface area contributed by atoms with Gasteiger partial charge in [-0.3, -0.25) is 18.7 Å². The molecule has 184 valence electrons. The van der Waals surface area contributed by atoms with Crippen molar-refractivity contribution in [2.24, 2.45) is 10.7 Å². The van der Waals surface area contributed by atoms with Crippen LogP contribution in [0, 0.1) is 18.6 Å². The van der Waals surface area contributed by atoms with Crippen molar-refractivity contribution in [1.29, 1.82) is 0 Å². The van der Waals surface area contributed by atoms with Gasteiger partial charge in [-0.25, -0.2) is 18.7 Å². The number of nitrogens with zero attached hydrogens (tertiary/aromatic N) is 3. The minimum absolute atomic E-state index is 0.0273. The molecule has 4 rings (SSSR count). The number of aliphatic imine (C=N–C) groups is 1. The Kier molecular flexibility index (Phi) is 6.05. The third kappa shape index (κ3) is 3.80. The Hall–Kier alpha value is -2.79. The number of halogens is 2. The largest absolute Gasteiger partial charge is 0.386 e. The number of anilines is 1. The van der Waals surface area contributed by atoms with Crippen LogP contribution in [0.15, 0.2) is 29.4 Å². The Morgan fingerprint density at radius 3 is 2.71 bits per heavy atom. The zero-order valence-corrected chi connectivity index (χ0v) is 20.5. The van der Waals surface area contributed by atoms with Crippen LogP contribution in [0.3, 0.4) is 0 Å². The molecule has 1 amide bonds. The van der Waals surface area contributed by atoms with Crippen molar-refractivity contribution < 1.29 is 17.8 Å². The number of pyridine rings is 2. The van der Waals surface area contributed by atoms with E-state index in [1.807, 2.05) is 0 Å². The highest BCUT2D eigenvalue weighted by Gasteiger charge is 2.57. The highest BCUT2D eigenvalue weighted by atomic mass is 32.3. The van der Waals surface area contributed by atoms with Crippen molar-refractivity contribution in [1.82, 2.24) is 14.7 Å². The number of rotatable bonds is 3. The van der Waals surface area contributed by atoms with Crippen LogP contribution in [0.1, 0.15) is 61.8 Å². The van der Waals surface area contributed by atoms with Gasteiger partial charge < -0.3 is 11.1 Å². The molecular weight excluding hydrogens is 462 g/mol. The van der Waals surface area contributed by atoms with E-state index in [1.54, 1.807) is 27.7 Å². The molecule has 0 radical (unpaired) electrons. The first-order valence-corrected chi connectivity index (χ1v) is 13.0. The lowest BCUT2D eigenvalue weighted by Crippen LogP contribution is -2.67. The third-order valence-corrected chi connectivity index (χ3v) is 11.2. The second-order valence-electron chi connectivity index (χ2n) is 9.58.